The average Bonchev–Trinajstić information content (AvgIpc) is 3.76. The lowest BCUT2D eigenvalue weighted by Gasteiger charge is -2.33. The number of unbranched alkanes of at least 4 members (excludes halogenated alkanes) is 8. The first-order valence-electron chi connectivity index (χ1n) is 22.1. The summed E-state index contributed by atoms with van der Waals surface area (Å²) in [6.45, 7) is 0.623. The number of amides is 2. The Morgan fingerprint density at radius 1 is 0.635 bits per heavy atom. The van der Waals surface area contributed by atoms with Crippen molar-refractivity contribution in [1.82, 2.24) is 29.8 Å². The van der Waals surface area contributed by atoms with Gasteiger partial charge in [-0.1, -0.05) is 136 Å². The maximum absolute atomic E-state index is 13.4. The molecule has 7 aromatic rings. The number of nitrogens with zero attached hydrogens (tertiary/aromatic N) is 5. The van der Waals surface area contributed by atoms with Gasteiger partial charge in [-0.25, -0.2) is 15.0 Å². The Labute approximate surface area is 369 Å². The summed E-state index contributed by atoms with van der Waals surface area (Å²) in [5, 5.41) is 21.9. The first-order valence-corrected chi connectivity index (χ1v) is 22.1. The van der Waals surface area contributed by atoms with Crippen LogP contribution < -0.4 is 16.0 Å². The average molecular weight is 841 g/mol. The molecule has 4 heterocycles. The molecular formula is C52H56N8O3. The number of aliphatic hydroxyl groups is 1. The molecule has 0 bridgehead atoms. The monoisotopic (exact) mass is 840 g/mol. The number of carbonyl (C=O) groups is 2. The van der Waals surface area contributed by atoms with Gasteiger partial charge in [-0.05, 0) is 72.0 Å². The lowest BCUT2D eigenvalue weighted by atomic mass is 9.82. The fourth-order valence-electron chi connectivity index (χ4n) is 7.99. The van der Waals surface area contributed by atoms with Crippen LogP contribution in [0.2, 0.25) is 0 Å². The molecule has 4 N–H and O–H groups in total. The Balaban J connectivity index is 0.846. The number of para-hydroxylation sites is 1. The van der Waals surface area contributed by atoms with E-state index in [9.17, 15) is 14.7 Å². The molecule has 63 heavy (non-hydrogen) atoms. The number of fused-ring (bicyclic) bond motifs is 1. The van der Waals surface area contributed by atoms with Crippen molar-refractivity contribution in [3.05, 3.63) is 187 Å². The molecule has 0 saturated heterocycles. The summed E-state index contributed by atoms with van der Waals surface area (Å²) in [7, 11) is 0. The van der Waals surface area contributed by atoms with Gasteiger partial charge in [0.2, 0.25) is 11.8 Å². The van der Waals surface area contributed by atoms with E-state index in [0.29, 0.717) is 35.8 Å². The van der Waals surface area contributed by atoms with E-state index in [-0.39, 0.29) is 11.8 Å². The van der Waals surface area contributed by atoms with Crippen molar-refractivity contribution < 1.29 is 14.7 Å². The molecule has 0 fully saturated rings. The first kappa shape index (κ1) is 44.1. The van der Waals surface area contributed by atoms with Gasteiger partial charge in [0.15, 0.2) is 5.65 Å². The molecule has 0 radical (unpaired) electrons. The SMILES string of the molecule is O=C(/C=C(/c1ccccc1)n1cnc2ncccc21)NCCCCCCCCCCCC(=O)Nc1ccccc1C(Nc1ccccn1)C(c1ccccn1)C(O)c1ccccc1. The second kappa shape index (κ2) is 23.3. The van der Waals surface area contributed by atoms with Gasteiger partial charge in [0, 0.05) is 49.0 Å². The van der Waals surface area contributed by atoms with Gasteiger partial charge in [-0.3, -0.25) is 19.1 Å². The number of benzene rings is 3. The van der Waals surface area contributed by atoms with Crippen LogP contribution in [0.25, 0.3) is 16.9 Å². The molecular weight excluding hydrogens is 785 g/mol. The van der Waals surface area contributed by atoms with E-state index in [0.717, 1.165) is 85.7 Å². The molecule has 0 spiro atoms. The van der Waals surface area contributed by atoms with Crippen LogP contribution >= 0.6 is 0 Å². The predicted molar refractivity (Wildman–Crippen MR) is 251 cm³/mol. The Morgan fingerprint density at radius 3 is 2.02 bits per heavy atom. The maximum Gasteiger partial charge on any atom is 0.246 e. The molecule has 3 atom stereocenters. The Bertz CT molecular complexity index is 2500. The third-order valence-electron chi connectivity index (χ3n) is 11.2. The van der Waals surface area contributed by atoms with Gasteiger partial charge < -0.3 is 21.1 Å². The smallest absolute Gasteiger partial charge is 0.246 e. The zero-order valence-electron chi connectivity index (χ0n) is 35.6. The van der Waals surface area contributed by atoms with Gasteiger partial charge in [0.25, 0.3) is 0 Å². The van der Waals surface area contributed by atoms with E-state index < -0.39 is 18.1 Å². The van der Waals surface area contributed by atoms with E-state index >= 15 is 0 Å². The topological polar surface area (TPSA) is 147 Å². The molecule has 11 heteroatoms. The van der Waals surface area contributed by atoms with Crippen molar-refractivity contribution in [3.63, 3.8) is 0 Å². The molecule has 2 amide bonds. The van der Waals surface area contributed by atoms with E-state index in [1.54, 1.807) is 31.0 Å². The number of aromatic nitrogens is 5. The fraction of sp³-hybridized carbons (Fsp3) is 0.269. The number of carbonyl (C=O) groups excluding carboxylic acids is 2. The van der Waals surface area contributed by atoms with E-state index in [1.165, 1.54) is 0 Å². The summed E-state index contributed by atoms with van der Waals surface area (Å²) >= 11 is 0. The number of anilines is 2. The third kappa shape index (κ3) is 12.5. The number of pyridine rings is 3. The molecule has 0 aliphatic heterocycles. The summed E-state index contributed by atoms with van der Waals surface area (Å²) in [5.41, 5.74) is 6.15. The second-order valence-electron chi connectivity index (χ2n) is 15.7. The second-order valence-corrected chi connectivity index (χ2v) is 15.7. The van der Waals surface area contributed by atoms with Gasteiger partial charge in [0.1, 0.15) is 12.1 Å². The van der Waals surface area contributed by atoms with Crippen molar-refractivity contribution in [1.29, 1.82) is 0 Å². The summed E-state index contributed by atoms with van der Waals surface area (Å²) in [4.78, 5) is 44.5. The van der Waals surface area contributed by atoms with Crippen molar-refractivity contribution in [3.8, 4) is 0 Å². The zero-order valence-corrected chi connectivity index (χ0v) is 35.6. The highest BCUT2D eigenvalue weighted by Crippen LogP contribution is 2.44. The summed E-state index contributed by atoms with van der Waals surface area (Å²) in [6.07, 6.45) is 17.5. The first-order chi connectivity index (χ1) is 31.0. The van der Waals surface area contributed by atoms with E-state index in [4.69, 9.17) is 4.98 Å². The van der Waals surface area contributed by atoms with Crippen LogP contribution in [0.4, 0.5) is 11.5 Å². The molecule has 11 nitrogen and oxygen atoms in total. The van der Waals surface area contributed by atoms with Crippen LogP contribution in [0.15, 0.2) is 164 Å². The molecule has 0 aliphatic carbocycles. The molecule has 0 saturated carbocycles. The minimum Gasteiger partial charge on any atom is -0.388 e. The minimum atomic E-state index is -0.907. The van der Waals surface area contributed by atoms with Gasteiger partial charge in [-0.2, -0.15) is 0 Å². The normalized spacial score (nSPS) is 12.9. The van der Waals surface area contributed by atoms with Crippen LogP contribution in [0.1, 0.15) is 105 Å². The number of nitrogens with one attached hydrogen (secondary N) is 3. The highest BCUT2D eigenvalue weighted by Gasteiger charge is 2.35. The Kier molecular flexibility index (Phi) is 16.3. The summed E-state index contributed by atoms with van der Waals surface area (Å²) < 4.78 is 1.91. The van der Waals surface area contributed by atoms with Crippen LogP contribution in [0.3, 0.4) is 0 Å². The molecule has 322 valence electrons. The lowest BCUT2D eigenvalue weighted by molar-refractivity contribution is -0.117. The number of hydrogen-bond donors (Lipinski definition) is 4. The van der Waals surface area contributed by atoms with Gasteiger partial charge in [-0.15, -0.1) is 0 Å². The van der Waals surface area contributed by atoms with E-state index in [1.807, 2.05) is 138 Å². The quantitative estimate of drug-likeness (QED) is 0.0368. The van der Waals surface area contributed by atoms with Crippen molar-refractivity contribution in [2.75, 3.05) is 17.2 Å². The standard InChI is InChI=1S/C52H56N8O3/c61-47(32-14-6-4-2-1-3-5-7-19-35-55-48(62)37-45(39-23-10-8-11-24-39)60-38-57-52-44(60)30-22-36-56-52)58-42-28-16-15-27-41(42)50(59-46-31-18-21-34-54-46)49(43-29-17-20-33-53-43)51(63)40-25-12-9-13-26-40/h8-13,15-18,20-31,33-34,36-38,49-51,63H,1-7,14,19,32,35H2,(H,54,59)(H,55,62)(H,58,61)/b45-37-. The van der Waals surface area contributed by atoms with Crippen molar-refractivity contribution >= 4 is 40.2 Å². The Morgan fingerprint density at radius 2 is 1.29 bits per heavy atom. The Hall–Kier alpha value is -6.98. The lowest BCUT2D eigenvalue weighted by Crippen LogP contribution is -2.27. The summed E-state index contributed by atoms with van der Waals surface area (Å²) in [5.74, 6) is -0.0468. The largest absolute Gasteiger partial charge is 0.388 e. The third-order valence-corrected chi connectivity index (χ3v) is 11.2. The highest BCUT2D eigenvalue weighted by molar-refractivity contribution is 5.96. The van der Waals surface area contributed by atoms with Crippen molar-refractivity contribution in [2.24, 2.45) is 0 Å². The molecule has 0 aliphatic rings. The molecule has 3 aromatic carbocycles. The van der Waals surface area contributed by atoms with Crippen LogP contribution in [-0.2, 0) is 9.59 Å². The number of hydrogen-bond acceptors (Lipinski definition) is 8. The van der Waals surface area contributed by atoms with Gasteiger partial charge in [0.05, 0.1) is 29.3 Å². The molecule has 4 aromatic heterocycles. The maximum atomic E-state index is 13.4. The molecule has 3 unspecified atom stereocenters. The zero-order chi connectivity index (χ0) is 43.5. The van der Waals surface area contributed by atoms with Crippen LogP contribution in [0, 0.1) is 0 Å². The van der Waals surface area contributed by atoms with Gasteiger partial charge >= 0.3 is 0 Å². The summed E-state index contributed by atoms with van der Waals surface area (Å²) in [6, 6.07) is 41.9. The molecule has 7 rings (SSSR count). The van der Waals surface area contributed by atoms with Crippen LogP contribution in [0.5, 0.6) is 0 Å². The number of imidazole rings is 1. The van der Waals surface area contributed by atoms with E-state index in [2.05, 4.69) is 30.9 Å². The number of aliphatic hydroxyl groups excluding tert-OH is 1. The van der Waals surface area contributed by atoms with Crippen molar-refractivity contribution in [2.45, 2.75) is 82.3 Å². The fourth-order valence-corrected chi connectivity index (χ4v) is 7.99. The predicted octanol–water partition coefficient (Wildman–Crippen LogP) is 10.4. The highest BCUT2D eigenvalue weighted by atomic mass is 16.3. The van der Waals surface area contributed by atoms with Crippen LogP contribution in [-0.4, -0.2) is 48.0 Å². The minimum absolute atomic E-state index is 0.0385. The number of rotatable bonds is 23.